The number of aryl methyl sites for hydroxylation is 1. The van der Waals surface area contributed by atoms with E-state index in [1.54, 1.807) is 24.3 Å². The molecule has 1 N–H and O–H groups in total. The van der Waals surface area contributed by atoms with Gasteiger partial charge in [0.2, 0.25) is 15.2 Å². The fraction of sp³-hybridized carbons (Fsp3) is 0.438. The van der Waals surface area contributed by atoms with Gasteiger partial charge in [-0.05, 0) is 31.0 Å². The Morgan fingerprint density at radius 3 is 2.92 bits per heavy atom. The van der Waals surface area contributed by atoms with Crippen LogP contribution >= 0.6 is 11.3 Å². The molecule has 2 heterocycles. The minimum atomic E-state index is -3.27. The third-order valence-corrected chi connectivity index (χ3v) is 6.70. The van der Waals surface area contributed by atoms with E-state index in [0.29, 0.717) is 29.3 Å². The second kappa shape index (κ2) is 7.49. The maximum Gasteiger partial charge on any atom is 0.257 e. The molecule has 25 heavy (non-hydrogen) atoms. The van der Waals surface area contributed by atoms with Gasteiger partial charge >= 0.3 is 0 Å². The SMILES string of the molecule is CCCCc1nnc(NC(=O)c2cccc(N3CCCS3(=O)=O)c2)s1. The molecule has 1 aromatic heterocycles. The lowest BCUT2D eigenvalue weighted by Gasteiger charge is -2.17. The van der Waals surface area contributed by atoms with E-state index in [-0.39, 0.29) is 11.7 Å². The average Bonchev–Trinajstić information content (AvgIpc) is 3.18. The molecule has 3 rings (SSSR count). The van der Waals surface area contributed by atoms with E-state index in [1.165, 1.54) is 15.6 Å². The van der Waals surface area contributed by atoms with Gasteiger partial charge in [-0.15, -0.1) is 10.2 Å². The minimum absolute atomic E-state index is 0.148. The summed E-state index contributed by atoms with van der Waals surface area (Å²) in [6.07, 6.45) is 3.57. The summed E-state index contributed by atoms with van der Waals surface area (Å²) in [7, 11) is -3.27. The lowest BCUT2D eigenvalue weighted by atomic mass is 10.2. The molecule has 0 bridgehead atoms. The van der Waals surface area contributed by atoms with Gasteiger partial charge < -0.3 is 0 Å². The van der Waals surface area contributed by atoms with Crippen LogP contribution in [0.2, 0.25) is 0 Å². The highest BCUT2D eigenvalue weighted by molar-refractivity contribution is 7.93. The van der Waals surface area contributed by atoms with Crippen LogP contribution < -0.4 is 9.62 Å². The zero-order valence-corrected chi connectivity index (χ0v) is 15.6. The van der Waals surface area contributed by atoms with Crippen LogP contribution in [-0.4, -0.2) is 36.8 Å². The number of unbranched alkanes of at least 4 members (excludes halogenated alkanes) is 1. The van der Waals surface area contributed by atoms with Gasteiger partial charge in [0.15, 0.2) is 0 Å². The van der Waals surface area contributed by atoms with Crippen LogP contribution in [0.5, 0.6) is 0 Å². The highest BCUT2D eigenvalue weighted by Gasteiger charge is 2.28. The zero-order valence-electron chi connectivity index (χ0n) is 13.9. The summed E-state index contributed by atoms with van der Waals surface area (Å²) in [5, 5.41) is 12.1. The molecule has 0 atom stereocenters. The molecule has 134 valence electrons. The first kappa shape index (κ1) is 17.8. The van der Waals surface area contributed by atoms with Crippen LogP contribution in [0.4, 0.5) is 10.8 Å². The molecular formula is C16H20N4O3S2. The van der Waals surface area contributed by atoms with Gasteiger partial charge in [-0.3, -0.25) is 14.4 Å². The molecule has 2 aromatic rings. The molecular weight excluding hydrogens is 360 g/mol. The Hall–Kier alpha value is -2.00. The van der Waals surface area contributed by atoms with Crippen molar-refractivity contribution in [2.75, 3.05) is 21.9 Å². The monoisotopic (exact) mass is 380 g/mol. The van der Waals surface area contributed by atoms with Gasteiger partial charge in [0, 0.05) is 18.5 Å². The molecule has 1 amide bonds. The van der Waals surface area contributed by atoms with Gasteiger partial charge in [0.25, 0.3) is 5.91 Å². The Bertz CT molecular complexity index is 864. The first-order valence-corrected chi connectivity index (χ1v) is 10.7. The normalized spacial score (nSPS) is 16.1. The summed E-state index contributed by atoms with van der Waals surface area (Å²) < 4.78 is 25.4. The van der Waals surface area contributed by atoms with Crippen molar-refractivity contribution in [3.8, 4) is 0 Å². The number of carbonyl (C=O) groups excluding carboxylic acids is 1. The van der Waals surface area contributed by atoms with E-state index in [1.807, 2.05) is 0 Å². The number of amides is 1. The van der Waals surface area contributed by atoms with Crippen LogP contribution in [0.25, 0.3) is 0 Å². The smallest absolute Gasteiger partial charge is 0.257 e. The van der Waals surface area contributed by atoms with Gasteiger partial charge in [-0.25, -0.2) is 8.42 Å². The van der Waals surface area contributed by atoms with Crippen LogP contribution in [0.3, 0.4) is 0 Å². The molecule has 0 spiro atoms. The summed E-state index contributed by atoms with van der Waals surface area (Å²) in [5.41, 5.74) is 0.913. The van der Waals surface area contributed by atoms with Gasteiger partial charge in [0.1, 0.15) is 5.01 Å². The Kier molecular flexibility index (Phi) is 5.33. The van der Waals surface area contributed by atoms with Crippen molar-refractivity contribution >= 4 is 38.1 Å². The van der Waals surface area contributed by atoms with E-state index in [4.69, 9.17) is 0 Å². The summed E-state index contributed by atoms with van der Waals surface area (Å²) >= 11 is 1.36. The molecule has 0 saturated carbocycles. The van der Waals surface area contributed by atoms with Crippen molar-refractivity contribution in [3.63, 3.8) is 0 Å². The summed E-state index contributed by atoms with van der Waals surface area (Å²) in [6, 6.07) is 6.64. The van der Waals surface area contributed by atoms with Crippen molar-refractivity contribution < 1.29 is 13.2 Å². The lowest BCUT2D eigenvalue weighted by molar-refractivity contribution is 0.102. The van der Waals surface area contributed by atoms with E-state index >= 15 is 0 Å². The Balaban J connectivity index is 1.72. The number of nitrogens with zero attached hydrogens (tertiary/aromatic N) is 3. The maximum atomic E-state index is 12.4. The number of nitrogens with one attached hydrogen (secondary N) is 1. The predicted molar refractivity (Wildman–Crippen MR) is 98.7 cm³/mol. The standard InChI is InChI=1S/C16H20N4O3S2/c1-2-3-8-14-18-19-16(24-14)17-15(21)12-6-4-7-13(11-12)20-9-5-10-25(20,22)23/h4,6-7,11H,2-3,5,8-10H2,1H3,(H,17,19,21). The Morgan fingerprint density at radius 2 is 2.20 bits per heavy atom. The molecule has 1 aliphatic heterocycles. The average molecular weight is 380 g/mol. The Labute approximate surface area is 151 Å². The number of hydrogen-bond donors (Lipinski definition) is 1. The molecule has 1 fully saturated rings. The predicted octanol–water partition coefficient (Wildman–Crippen LogP) is 2.67. The first-order chi connectivity index (χ1) is 12.0. The molecule has 9 heteroatoms. The van der Waals surface area contributed by atoms with Crippen molar-refractivity contribution in [1.82, 2.24) is 10.2 Å². The largest absolute Gasteiger partial charge is 0.296 e. The van der Waals surface area contributed by atoms with Crippen molar-refractivity contribution in [2.45, 2.75) is 32.6 Å². The number of rotatable bonds is 6. The number of anilines is 2. The highest BCUT2D eigenvalue weighted by atomic mass is 32.2. The highest BCUT2D eigenvalue weighted by Crippen LogP contribution is 2.25. The van der Waals surface area contributed by atoms with Gasteiger partial charge in [-0.1, -0.05) is 30.7 Å². The molecule has 1 saturated heterocycles. The number of hydrogen-bond acceptors (Lipinski definition) is 6. The number of aromatic nitrogens is 2. The molecule has 1 aliphatic rings. The topological polar surface area (TPSA) is 92.3 Å². The van der Waals surface area contributed by atoms with Crippen molar-refractivity contribution in [3.05, 3.63) is 34.8 Å². The van der Waals surface area contributed by atoms with Crippen LogP contribution in [0.1, 0.15) is 41.6 Å². The second-order valence-electron chi connectivity index (χ2n) is 5.85. The van der Waals surface area contributed by atoms with E-state index in [9.17, 15) is 13.2 Å². The molecule has 0 aliphatic carbocycles. The molecule has 1 aromatic carbocycles. The maximum absolute atomic E-state index is 12.4. The van der Waals surface area contributed by atoms with Gasteiger partial charge in [-0.2, -0.15) is 0 Å². The van der Waals surface area contributed by atoms with Crippen LogP contribution in [0.15, 0.2) is 24.3 Å². The zero-order chi connectivity index (χ0) is 17.9. The summed E-state index contributed by atoms with van der Waals surface area (Å²) in [4.78, 5) is 12.4. The summed E-state index contributed by atoms with van der Waals surface area (Å²) in [6.45, 7) is 2.56. The van der Waals surface area contributed by atoms with Crippen molar-refractivity contribution in [1.29, 1.82) is 0 Å². The fourth-order valence-corrected chi connectivity index (χ4v) is 4.97. The van der Waals surface area contributed by atoms with Crippen LogP contribution in [-0.2, 0) is 16.4 Å². The first-order valence-electron chi connectivity index (χ1n) is 8.24. The second-order valence-corrected chi connectivity index (χ2v) is 8.93. The van der Waals surface area contributed by atoms with E-state index < -0.39 is 10.0 Å². The summed E-state index contributed by atoms with van der Waals surface area (Å²) in [5.74, 6) is -0.175. The van der Waals surface area contributed by atoms with Crippen LogP contribution in [0, 0.1) is 0 Å². The number of sulfonamides is 1. The third-order valence-electron chi connectivity index (χ3n) is 3.93. The Morgan fingerprint density at radius 1 is 1.36 bits per heavy atom. The lowest BCUT2D eigenvalue weighted by Crippen LogP contribution is -2.25. The number of carbonyl (C=O) groups is 1. The number of benzene rings is 1. The van der Waals surface area contributed by atoms with E-state index in [0.717, 1.165) is 24.3 Å². The van der Waals surface area contributed by atoms with Gasteiger partial charge in [0.05, 0.1) is 11.4 Å². The molecule has 7 nitrogen and oxygen atoms in total. The fourth-order valence-electron chi connectivity index (χ4n) is 2.63. The van der Waals surface area contributed by atoms with E-state index in [2.05, 4.69) is 22.4 Å². The molecule has 0 radical (unpaired) electrons. The minimum Gasteiger partial charge on any atom is -0.296 e. The van der Waals surface area contributed by atoms with Crippen molar-refractivity contribution in [2.24, 2.45) is 0 Å². The third kappa shape index (κ3) is 4.16. The quantitative estimate of drug-likeness (QED) is 0.832. The molecule has 0 unspecified atom stereocenters.